The molecule has 98 heavy (non-hydrogen) atoms. The highest BCUT2D eigenvalue weighted by atomic mass is 32.1. The van der Waals surface area contributed by atoms with Crippen molar-refractivity contribution in [1.82, 2.24) is 0 Å². The normalized spacial score (nSPS) is 11.7. The van der Waals surface area contributed by atoms with Crippen LogP contribution in [-0.4, -0.2) is 0 Å². The zero-order valence-corrected chi connectivity index (χ0v) is 56.4. The second-order valence-corrected chi connectivity index (χ2v) is 28.0. The van der Waals surface area contributed by atoms with Gasteiger partial charge in [0.1, 0.15) is 0 Å². The van der Waals surface area contributed by atoms with Gasteiger partial charge in [-0.15, -0.1) is 22.7 Å². The number of hydrogen-bond acceptors (Lipinski definition) is 6. The van der Waals surface area contributed by atoms with Crippen LogP contribution >= 0.6 is 22.7 Å². The first-order chi connectivity index (χ1) is 48.2. The number of rotatable bonds is 13. The smallest absolute Gasteiger partial charge is 0.0554 e. The van der Waals surface area contributed by atoms with Crippen molar-refractivity contribution >= 4 is 174 Å². The van der Waals surface area contributed by atoms with E-state index >= 15 is 0 Å². The summed E-state index contributed by atoms with van der Waals surface area (Å²) in [6, 6.07) is 122. The third kappa shape index (κ3) is 10.1. The van der Waals surface area contributed by atoms with Crippen molar-refractivity contribution in [1.29, 1.82) is 0 Å². The lowest BCUT2D eigenvalue weighted by atomic mass is 9.97. The summed E-state index contributed by atoms with van der Waals surface area (Å²) < 4.78 is 5.06. The molecule has 0 aliphatic rings. The highest BCUT2D eigenvalue weighted by Gasteiger charge is 2.27. The predicted molar refractivity (Wildman–Crippen MR) is 425 cm³/mol. The van der Waals surface area contributed by atoms with Crippen LogP contribution in [0.3, 0.4) is 0 Å². The fraction of sp³-hybridized carbons (Fsp3) is 0.0435. The standard InChI is InChI=1S/C92H66N4S2/c1-59-40-46-67(47-41-59)93(65-25-7-5-8-26-65)85-57-87-89(77-36-15-11-32-73(77)85)81-55-83(75-34-13-17-38-79(75)91(81)97-87)94(68-48-42-60(2)43-49-68)69-50-44-63(45-51-69)64-24-21-31-72(54-64)96(71-30-20-23-62(4)53-71)86-58-88-90(78-37-16-12-33-74(78)86)82-56-84(76-35-14-18-39-80(76)92(82)98-88)95(66-27-9-6-10-28-66)70-29-19-22-61(3)52-70/h5-58H,1-4H3. The molecule has 0 radical (unpaired) electrons. The molecule has 2 heterocycles. The first-order valence-electron chi connectivity index (χ1n) is 33.6. The maximum Gasteiger partial charge on any atom is 0.0554 e. The van der Waals surface area contributed by atoms with Crippen molar-refractivity contribution in [3.63, 3.8) is 0 Å². The minimum atomic E-state index is 1.08. The average Bonchev–Trinajstić information content (AvgIpc) is 1.53. The van der Waals surface area contributed by atoms with Crippen LogP contribution in [0.5, 0.6) is 0 Å². The Labute approximate surface area is 578 Å². The summed E-state index contributed by atoms with van der Waals surface area (Å²) in [6.45, 7) is 8.69. The van der Waals surface area contributed by atoms with Crippen LogP contribution in [0.2, 0.25) is 0 Å². The largest absolute Gasteiger partial charge is 0.310 e. The van der Waals surface area contributed by atoms with Gasteiger partial charge < -0.3 is 19.6 Å². The number of anilines is 12. The lowest BCUT2D eigenvalue weighted by Gasteiger charge is -2.28. The number of hydrogen-bond donors (Lipinski definition) is 0. The third-order valence-corrected chi connectivity index (χ3v) is 21.9. The van der Waals surface area contributed by atoms with Gasteiger partial charge in [0, 0.05) is 118 Å². The van der Waals surface area contributed by atoms with Crippen molar-refractivity contribution < 1.29 is 0 Å². The number of fused-ring (bicyclic) bond motifs is 14. The van der Waals surface area contributed by atoms with Gasteiger partial charge in [0.25, 0.3) is 0 Å². The van der Waals surface area contributed by atoms with Gasteiger partial charge in [-0.05, 0) is 182 Å². The molecule has 0 bridgehead atoms. The molecule has 0 aliphatic carbocycles. The molecule has 18 aromatic rings. The van der Waals surface area contributed by atoms with Crippen molar-refractivity contribution in [3.8, 4) is 11.1 Å². The van der Waals surface area contributed by atoms with Gasteiger partial charge in [0.2, 0.25) is 0 Å². The molecular weight excluding hydrogens is 1230 g/mol. The average molecular weight is 1290 g/mol. The number of para-hydroxylation sites is 2. The van der Waals surface area contributed by atoms with Crippen molar-refractivity contribution in [2.75, 3.05) is 19.6 Å². The Morgan fingerprint density at radius 1 is 0.194 bits per heavy atom. The molecule has 0 aliphatic heterocycles. The fourth-order valence-corrected chi connectivity index (χ4v) is 17.5. The summed E-state index contributed by atoms with van der Waals surface area (Å²) in [4.78, 5) is 9.81. The van der Waals surface area contributed by atoms with E-state index in [9.17, 15) is 0 Å². The van der Waals surface area contributed by atoms with Crippen LogP contribution in [0.25, 0.3) is 94.6 Å². The fourth-order valence-electron chi connectivity index (χ4n) is 15.0. The Kier molecular flexibility index (Phi) is 14.5. The Balaban J connectivity index is 0.772. The zero-order chi connectivity index (χ0) is 65.5. The summed E-state index contributed by atoms with van der Waals surface area (Å²) in [5.41, 5.74) is 20.6. The highest BCUT2D eigenvalue weighted by molar-refractivity contribution is 7.27. The van der Waals surface area contributed by atoms with E-state index in [1.165, 1.54) is 106 Å². The predicted octanol–water partition coefficient (Wildman–Crippen LogP) is 27.8. The second kappa shape index (κ2) is 24.1. The van der Waals surface area contributed by atoms with Gasteiger partial charge in [-0.3, -0.25) is 0 Å². The Morgan fingerprint density at radius 3 is 0.918 bits per heavy atom. The van der Waals surface area contributed by atoms with E-state index in [0.29, 0.717) is 0 Å². The Bertz CT molecular complexity index is 6120. The summed E-state index contributed by atoms with van der Waals surface area (Å²) >= 11 is 3.80. The summed E-state index contributed by atoms with van der Waals surface area (Å²) in [5.74, 6) is 0. The van der Waals surface area contributed by atoms with Gasteiger partial charge in [0.15, 0.2) is 0 Å². The molecule has 0 fully saturated rings. The van der Waals surface area contributed by atoms with Gasteiger partial charge in [-0.1, -0.05) is 217 Å². The van der Waals surface area contributed by atoms with Gasteiger partial charge in [-0.2, -0.15) is 0 Å². The van der Waals surface area contributed by atoms with Gasteiger partial charge in [-0.25, -0.2) is 0 Å². The number of aryl methyl sites for hydroxylation is 4. The monoisotopic (exact) mass is 1290 g/mol. The molecule has 0 N–H and O–H groups in total. The molecule has 18 rings (SSSR count). The van der Waals surface area contributed by atoms with E-state index in [-0.39, 0.29) is 0 Å². The topological polar surface area (TPSA) is 13.0 Å². The van der Waals surface area contributed by atoms with Crippen LogP contribution in [0.4, 0.5) is 68.2 Å². The second-order valence-electron chi connectivity index (χ2n) is 25.9. The molecule has 4 nitrogen and oxygen atoms in total. The minimum Gasteiger partial charge on any atom is -0.310 e. The van der Waals surface area contributed by atoms with E-state index in [1.807, 2.05) is 22.7 Å². The van der Waals surface area contributed by atoms with Crippen molar-refractivity contribution in [3.05, 3.63) is 350 Å². The van der Waals surface area contributed by atoms with Crippen LogP contribution in [0.1, 0.15) is 22.3 Å². The third-order valence-electron chi connectivity index (χ3n) is 19.5. The lowest BCUT2D eigenvalue weighted by molar-refractivity contribution is 1.28. The quantitative estimate of drug-likeness (QED) is 0.114. The molecule has 0 amide bonds. The van der Waals surface area contributed by atoms with Crippen LogP contribution in [0.15, 0.2) is 328 Å². The molecule has 0 spiro atoms. The summed E-state index contributed by atoms with van der Waals surface area (Å²) in [6.07, 6.45) is 0. The Morgan fingerprint density at radius 2 is 0.500 bits per heavy atom. The molecule has 6 heteroatoms. The molecule has 0 unspecified atom stereocenters. The van der Waals surface area contributed by atoms with Crippen LogP contribution in [-0.2, 0) is 0 Å². The summed E-state index contributed by atoms with van der Waals surface area (Å²) in [5, 5.41) is 14.8. The molecular formula is C92H66N4S2. The number of nitrogens with zero attached hydrogens (tertiary/aromatic N) is 4. The molecule has 466 valence electrons. The SMILES string of the molecule is Cc1ccc(N(c2ccc(-c3cccc(N(c4cccc(C)c4)c4cc5sc6c7ccccc7c(N(c7ccccc7)c7cccc(C)c7)cc6c5c5ccccc45)c3)cc2)c2cc3c(sc4cc(N(c5ccccc5)c5ccc(C)cc5)c5ccccc5c43)c3ccccc23)cc1. The van der Waals surface area contributed by atoms with E-state index in [4.69, 9.17) is 0 Å². The number of thiophene rings is 2. The van der Waals surface area contributed by atoms with E-state index < -0.39 is 0 Å². The van der Waals surface area contributed by atoms with Crippen LogP contribution < -0.4 is 19.6 Å². The van der Waals surface area contributed by atoms with Gasteiger partial charge in [0.05, 0.1) is 22.7 Å². The van der Waals surface area contributed by atoms with E-state index in [2.05, 4.69) is 375 Å². The molecule has 2 aromatic heterocycles. The maximum absolute atomic E-state index is 2.48. The first-order valence-corrected chi connectivity index (χ1v) is 35.3. The lowest BCUT2D eigenvalue weighted by Crippen LogP contribution is -2.11. The zero-order valence-electron chi connectivity index (χ0n) is 54.8. The molecule has 0 saturated carbocycles. The van der Waals surface area contributed by atoms with E-state index in [1.54, 1.807) is 0 Å². The molecule has 0 saturated heterocycles. The molecule has 0 atom stereocenters. The highest BCUT2D eigenvalue weighted by Crippen LogP contribution is 2.54. The summed E-state index contributed by atoms with van der Waals surface area (Å²) in [7, 11) is 0. The van der Waals surface area contributed by atoms with Gasteiger partial charge >= 0.3 is 0 Å². The number of benzene rings is 16. The first kappa shape index (κ1) is 58.8. The van der Waals surface area contributed by atoms with Crippen LogP contribution in [0, 0.1) is 27.7 Å². The van der Waals surface area contributed by atoms with Crippen molar-refractivity contribution in [2.24, 2.45) is 0 Å². The Hall–Kier alpha value is -11.8. The minimum absolute atomic E-state index is 1.08. The maximum atomic E-state index is 2.48. The van der Waals surface area contributed by atoms with Crippen molar-refractivity contribution in [2.45, 2.75) is 27.7 Å². The van der Waals surface area contributed by atoms with E-state index in [0.717, 1.165) is 79.4 Å². The molecule has 16 aromatic carbocycles.